The highest BCUT2D eigenvalue weighted by molar-refractivity contribution is 7.10. The van der Waals surface area contributed by atoms with Gasteiger partial charge in [-0.25, -0.2) is 0 Å². The lowest BCUT2D eigenvalue weighted by atomic mass is 10.1. The van der Waals surface area contributed by atoms with Gasteiger partial charge in [0.15, 0.2) is 0 Å². The van der Waals surface area contributed by atoms with E-state index in [0.717, 1.165) is 32.4 Å². The van der Waals surface area contributed by atoms with Crippen LogP contribution in [0, 0.1) is 10.1 Å². The molecule has 4 rings (SSSR count). The van der Waals surface area contributed by atoms with Crippen molar-refractivity contribution in [1.29, 1.82) is 0 Å². The lowest BCUT2D eigenvalue weighted by molar-refractivity contribution is -0.384. The van der Waals surface area contributed by atoms with Crippen molar-refractivity contribution in [3.05, 3.63) is 55.8 Å². The van der Waals surface area contributed by atoms with Crippen molar-refractivity contribution in [3.63, 3.8) is 0 Å². The van der Waals surface area contributed by atoms with Crippen LogP contribution in [0.15, 0.2) is 29.6 Å². The number of nitro groups is 1. The fourth-order valence-electron chi connectivity index (χ4n) is 3.63. The maximum absolute atomic E-state index is 12.8. The van der Waals surface area contributed by atoms with Crippen LogP contribution in [0.2, 0.25) is 0 Å². The topological polar surface area (TPSA) is 66.7 Å². The highest BCUT2D eigenvalue weighted by Crippen LogP contribution is 2.32. The normalized spacial score (nSPS) is 16.8. The Morgan fingerprint density at radius 3 is 2.72 bits per heavy atom. The average Bonchev–Trinajstić information content (AvgIpc) is 3.31. The lowest BCUT2D eigenvalue weighted by Gasteiger charge is -2.27. The predicted octanol–water partition coefficient (Wildman–Crippen LogP) is 3.46. The summed E-state index contributed by atoms with van der Waals surface area (Å²) in [5, 5.41) is 13.6. The molecule has 0 radical (unpaired) electrons. The third-order valence-electron chi connectivity index (χ3n) is 4.96. The fraction of sp³-hybridized carbons (Fsp3) is 0.389. The monoisotopic (exact) mass is 357 g/mol. The zero-order valence-electron chi connectivity index (χ0n) is 13.8. The second kappa shape index (κ2) is 6.48. The highest BCUT2D eigenvalue weighted by atomic mass is 32.1. The molecule has 0 bridgehead atoms. The Labute approximate surface area is 149 Å². The minimum atomic E-state index is -0.377. The zero-order valence-corrected chi connectivity index (χ0v) is 14.6. The molecule has 2 aliphatic heterocycles. The molecule has 1 aromatic heterocycles. The van der Waals surface area contributed by atoms with Crippen LogP contribution in [0.5, 0.6) is 0 Å². The standard InChI is InChI=1S/C18H19N3O3S/c22-18(20-9-5-17-14(12-20)6-10-25-17)13-3-4-15(16(11-13)21(23)24)19-7-1-2-8-19/h3-4,6,10-11H,1-2,5,7-9,12H2. The Morgan fingerprint density at radius 2 is 1.96 bits per heavy atom. The van der Waals surface area contributed by atoms with Gasteiger partial charge in [-0.2, -0.15) is 0 Å². The summed E-state index contributed by atoms with van der Waals surface area (Å²) in [6.07, 6.45) is 2.95. The van der Waals surface area contributed by atoms with Gasteiger partial charge in [-0.3, -0.25) is 14.9 Å². The van der Waals surface area contributed by atoms with Crippen molar-refractivity contribution >= 4 is 28.6 Å². The van der Waals surface area contributed by atoms with E-state index in [1.807, 2.05) is 10.3 Å². The van der Waals surface area contributed by atoms with Gasteiger partial charge in [-0.1, -0.05) is 0 Å². The number of fused-ring (bicyclic) bond motifs is 1. The molecular weight excluding hydrogens is 338 g/mol. The summed E-state index contributed by atoms with van der Waals surface area (Å²) < 4.78 is 0. The summed E-state index contributed by atoms with van der Waals surface area (Å²) >= 11 is 1.72. The molecule has 0 spiro atoms. The van der Waals surface area contributed by atoms with E-state index >= 15 is 0 Å². The van der Waals surface area contributed by atoms with Gasteiger partial charge in [0.25, 0.3) is 11.6 Å². The second-order valence-electron chi connectivity index (χ2n) is 6.50. The van der Waals surface area contributed by atoms with Crippen LogP contribution in [0.3, 0.4) is 0 Å². The number of carbonyl (C=O) groups is 1. The molecule has 0 saturated carbocycles. The van der Waals surface area contributed by atoms with Crippen LogP contribution < -0.4 is 4.90 Å². The maximum atomic E-state index is 12.8. The van der Waals surface area contributed by atoms with Gasteiger partial charge in [0.05, 0.1) is 4.92 Å². The van der Waals surface area contributed by atoms with Crippen molar-refractivity contribution in [2.24, 2.45) is 0 Å². The zero-order chi connectivity index (χ0) is 17.4. The number of amides is 1. The van der Waals surface area contributed by atoms with E-state index in [0.29, 0.717) is 24.3 Å². The van der Waals surface area contributed by atoms with Crippen molar-refractivity contribution < 1.29 is 9.72 Å². The molecule has 2 aromatic rings. The van der Waals surface area contributed by atoms with Gasteiger partial charge >= 0.3 is 0 Å². The van der Waals surface area contributed by atoms with Crippen LogP contribution >= 0.6 is 11.3 Å². The number of hydrogen-bond donors (Lipinski definition) is 0. The van der Waals surface area contributed by atoms with Gasteiger partial charge in [0.2, 0.25) is 0 Å². The Hall–Kier alpha value is -2.41. The van der Waals surface area contributed by atoms with Crippen LogP contribution in [0.1, 0.15) is 33.6 Å². The Bertz CT molecular complexity index is 827. The molecule has 1 fully saturated rings. The first-order valence-electron chi connectivity index (χ1n) is 8.51. The second-order valence-corrected chi connectivity index (χ2v) is 7.50. The molecule has 7 heteroatoms. The van der Waals surface area contributed by atoms with Crippen LogP contribution in [0.4, 0.5) is 11.4 Å². The molecular formula is C18H19N3O3S. The van der Waals surface area contributed by atoms with Gasteiger partial charge in [0, 0.05) is 42.7 Å². The molecule has 6 nitrogen and oxygen atoms in total. The SMILES string of the molecule is O=C(c1ccc(N2CCCC2)c([N+](=O)[O-])c1)N1CCc2sccc2C1. The van der Waals surface area contributed by atoms with Crippen molar-refractivity contribution in [2.75, 3.05) is 24.5 Å². The maximum Gasteiger partial charge on any atom is 0.293 e. The largest absolute Gasteiger partial charge is 0.366 e. The number of nitro benzene ring substituents is 1. The minimum Gasteiger partial charge on any atom is -0.366 e. The third-order valence-corrected chi connectivity index (χ3v) is 5.98. The Morgan fingerprint density at radius 1 is 1.16 bits per heavy atom. The van der Waals surface area contributed by atoms with Crippen molar-refractivity contribution in [2.45, 2.75) is 25.8 Å². The van der Waals surface area contributed by atoms with E-state index in [1.54, 1.807) is 28.4 Å². The molecule has 1 aromatic carbocycles. The number of carbonyl (C=O) groups excluding carboxylic acids is 1. The Balaban J connectivity index is 1.61. The molecule has 25 heavy (non-hydrogen) atoms. The fourth-order valence-corrected chi connectivity index (χ4v) is 4.52. The smallest absolute Gasteiger partial charge is 0.293 e. The van der Waals surface area contributed by atoms with E-state index in [2.05, 4.69) is 6.07 Å². The highest BCUT2D eigenvalue weighted by Gasteiger charge is 2.27. The summed E-state index contributed by atoms with van der Waals surface area (Å²) in [6.45, 7) is 2.91. The first-order valence-corrected chi connectivity index (χ1v) is 9.39. The van der Waals surface area contributed by atoms with Gasteiger partial charge < -0.3 is 9.80 Å². The van der Waals surface area contributed by atoms with Crippen LogP contribution in [-0.2, 0) is 13.0 Å². The van der Waals surface area contributed by atoms with Crippen LogP contribution in [0.25, 0.3) is 0 Å². The van der Waals surface area contributed by atoms with E-state index in [9.17, 15) is 14.9 Å². The van der Waals surface area contributed by atoms with Crippen molar-refractivity contribution in [3.8, 4) is 0 Å². The number of anilines is 1. The first kappa shape index (κ1) is 16.1. The quantitative estimate of drug-likeness (QED) is 0.623. The molecule has 0 aliphatic carbocycles. The molecule has 1 saturated heterocycles. The average molecular weight is 357 g/mol. The van der Waals surface area contributed by atoms with Gasteiger partial charge in [-0.15, -0.1) is 11.3 Å². The van der Waals surface area contributed by atoms with E-state index in [4.69, 9.17) is 0 Å². The molecule has 2 aliphatic rings. The molecule has 1 amide bonds. The summed E-state index contributed by atoms with van der Waals surface area (Å²) in [7, 11) is 0. The first-order chi connectivity index (χ1) is 12.1. The molecule has 3 heterocycles. The molecule has 130 valence electrons. The third kappa shape index (κ3) is 3.00. The number of benzene rings is 1. The van der Waals surface area contributed by atoms with Crippen molar-refractivity contribution in [1.82, 2.24) is 4.90 Å². The summed E-state index contributed by atoms with van der Waals surface area (Å²) in [5.41, 5.74) is 2.24. The Kier molecular flexibility index (Phi) is 4.17. The van der Waals surface area contributed by atoms with E-state index in [-0.39, 0.29) is 16.5 Å². The number of nitrogens with zero attached hydrogens (tertiary/aromatic N) is 3. The number of hydrogen-bond acceptors (Lipinski definition) is 5. The lowest BCUT2D eigenvalue weighted by Crippen LogP contribution is -2.35. The van der Waals surface area contributed by atoms with Gasteiger partial charge in [-0.05, 0) is 48.4 Å². The van der Waals surface area contributed by atoms with Gasteiger partial charge in [0.1, 0.15) is 5.69 Å². The molecule has 0 N–H and O–H groups in total. The summed E-state index contributed by atoms with van der Waals surface area (Å²) in [6, 6.07) is 6.96. The number of rotatable bonds is 3. The summed E-state index contributed by atoms with van der Waals surface area (Å²) in [5.74, 6) is -0.132. The number of thiophene rings is 1. The minimum absolute atomic E-state index is 0.0287. The predicted molar refractivity (Wildman–Crippen MR) is 97.3 cm³/mol. The van der Waals surface area contributed by atoms with E-state index in [1.165, 1.54) is 16.5 Å². The molecule has 0 atom stereocenters. The summed E-state index contributed by atoms with van der Waals surface area (Å²) in [4.78, 5) is 29.1. The van der Waals surface area contributed by atoms with E-state index < -0.39 is 0 Å². The molecule has 0 unspecified atom stereocenters. The van der Waals surface area contributed by atoms with Crippen LogP contribution in [-0.4, -0.2) is 35.4 Å².